The molecule has 0 heterocycles. The van der Waals surface area contributed by atoms with E-state index in [1.54, 1.807) is 0 Å². The Kier molecular flexibility index (Phi) is 6.72. The van der Waals surface area contributed by atoms with Crippen molar-refractivity contribution >= 4 is 11.8 Å². The molecule has 9 heavy (non-hydrogen) atoms. The Morgan fingerprint density at radius 3 is 2.33 bits per heavy atom. The molecule has 0 aliphatic heterocycles. The van der Waals surface area contributed by atoms with Crippen molar-refractivity contribution in [3.63, 3.8) is 0 Å². The molecule has 1 atom stereocenters. The van der Waals surface area contributed by atoms with E-state index in [1.165, 1.54) is 25.0 Å². The average Bonchev–Trinajstić information content (AvgIpc) is 1.85. The lowest BCUT2D eigenvalue weighted by molar-refractivity contribution is 0.786. The van der Waals surface area contributed by atoms with Crippen molar-refractivity contribution in [3.05, 3.63) is 0 Å². The zero-order chi connectivity index (χ0) is 7.11. The van der Waals surface area contributed by atoms with Crippen molar-refractivity contribution in [3.8, 4) is 0 Å². The molecule has 0 amide bonds. The van der Waals surface area contributed by atoms with Gasteiger partial charge >= 0.3 is 0 Å². The fourth-order valence-corrected chi connectivity index (χ4v) is 1.85. The van der Waals surface area contributed by atoms with Crippen molar-refractivity contribution in [2.45, 2.75) is 45.3 Å². The number of hydrogen-bond acceptors (Lipinski definition) is 1. The number of thioether (sulfide) groups is 1. The second-order valence-electron chi connectivity index (χ2n) is 2.47. The van der Waals surface area contributed by atoms with Gasteiger partial charge in [0.15, 0.2) is 0 Å². The van der Waals surface area contributed by atoms with Gasteiger partial charge in [0.1, 0.15) is 0 Å². The fourth-order valence-electron chi connectivity index (χ4n) is 0.809. The second kappa shape index (κ2) is 6.47. The first-order valence-electron chi connectivity index (χ1n) is 3.92. The van der Waals surface area contributed by atoms with Gasteiger partial charge in [-0.2, -0.15) is 11.8 Å². The van der Waals surface area contributed by atoms with Gasteiger partial charge in [-0.1, -0.05) is 27.2 Å². The molecule has 0 nitrogen and oxygen atoms in total. The zero-order valence-electron chi connectivity index (χ0n) is 6.81. The summed E-state index contributed by atoms with van der Waals surface area (Å²) in [6.07, 6.45) is 4.03. The predicted octanol–water partition coefficient (Wildman–Crippen LogP) is 3.32. The summed E-state index contributed by atoms with van der Waals surface area (Å²) < 4.78 is 0. The summed E-state index contributed by atoms with van der Waals surface area (Å²) in [5, 5.41) is 0.884. The van der Waals surface area contributed by atoms with Crippen LogP contribution in [0.3, 0.4) is 0 Å². The molecule has 0 aromatic rings. The summed E-state index contributed by atoms with van der Waals surface area (Å²) in [5.74, 6) is 1.33. The lowest BCUT2D eigenvalue weighted by Gasteiger charge is -2.07. The lowest BCUT2D eigenvalue weighted by atomic mass is 10.3. The highest BCUT2D eigenvalue weighted by molar-refractivity contribution is 7.99. The predicted molar refractivity (Wildman–Crippen MR) is 47.1 cm³/mol. The topological polar surface area (TPSA) is 0 Å². The van der Waals surface area contributed by atoms with Crippen LogP contribution >= 0.6 is 11.8 Å². The van der Waals surface area contributed by atoms with E-state index in [0.717, 1.165) is 5.25 Å². The fraction of sp³-hybridized carbons (Fsp3) is 1.00. The highest BCUT2D eigenvalue weighted by atomic mass is 32.2. The van der Waals surface area contributed by atoms with Gasteiger partial charge in [0.05, 0.1) is 0 Å². The van der Waals surface area contributed by atoms with Crippen LogP contribution in [0.25, 0.3) is 0 Å². The van der Waals surface area contributed by atoms with Gasteiger partial charge in [-0.25, -0.2) is 0 Å². The van der Waals surface area contributed by atoms with Gasteiger partial charge in [0, 0.05) is 5.25 Å². The third kappa shape index (κ3) is 6.23. The minimum absolute atomic E-state index is 0.884. The van der Waals surface area contributed by atoms with E-state index in [2.05, 4.69) is 32.5 Å². The van der Waals surface area contributed by atoms with Crippen LogP contribution in [-0.4, -0.2) is 11.0 Å². The monoisotopic (exact) mass is 146 g/mol. The third-order valence-electron chi connectivity index (χ3n) is 1.30. The van der Waals surface area contributed by atoms with Crippen molar-refractivity contribution in [2.24, 2.45) is 0 Å². The van der Waals surface area contributed by atoms with E-state index >= 15 is 0 Å². The van der Waals surface area contributed by atoms with E-state index in [1.807, 2.05) is 0 Å². The molecule has 0 aliphatic rings. The maximum absolute atomic E-state index is 2.32. The van der Waals surface area contributed by atoms with Crippen molar-refractivity contribution in [2.75, 3.05) is 5.75 Å². The standard InChI is InChI=1S/C8H18S/c1-4-6-8(3)9-7-5-2/h8H,4-7H2,1-3H3. The van der Waals surface area contributed by atoms with Gasteiger partial charge in [-0.3, -0.25) is 0 Å². The van der Waals surface area contributed by atoms with Crippen LogP contribution in [0.1, 0.15) is 40.0 Å². The van der Waals surface area contributed by atoms with Crippen LogP contribution in [0, 0.1) is 0 Å². The maximum atomic E-state index is 2.32. The molecular formula is C8H18S. The van der Waals surface area contributed by atoms with Crippen LogP contribution in [-0.2, 0) is 0 Å². The van der Waals surface area contributed by atoms with E-state index in [9.17, 15) is 0 Å². The van der Waals surface area contributed by atoms with E-state index in [-0.39, 0.29) is 0 Å². The Hall–Kier alpha value is 0.350. The number of rotatable bonds is 5. The van der Waals surface area contributed by atoms with Gasteiger partial charge in [0.25, 0.3) is 0 Å². The van der Waals surface area contributed by atoms with Gasteiger partial charge < -0.3 is 0 Å². The van der Waals surface area contributed by atoms with Crippen LogP contribution in [0.2, 0.25) is 0 Å². The van der Waals surface area contributed by atoms with Crippen LogP contribution < -0.4 is 0 Å². The highest BCUT2D eigenvalue weighted by Gasteiger charge is 1.97. The second-order valence-corrected chi connectivity index (χ2v) is 4.02. The molecule has 0 aliphatic carbocycles. The first-order chi connectivity index (χ1) is 4.31. The van der Waals surface area contributed by atoms with Crippen LogP contribution in [0.4, 0.5) is 0 Å². The molecule has 0 N–H and O–H groups in total. The van der Waals surface area contributed by atoms with Crippen molar-refractivity contribution in [1.82, 2.24) is 0 Å². The molecule has 56 valence electrons. The zero-order valence-corrected chi connectivity index (χ0v) is 7.63. The molecular weight excluding hydrogens is 128 g/mol. The maximum Gasteiger partial charge on any atom is 0.00186 e. The summed E-state index contributed by atoms with van der Waals surface area (Å²) in [7, 11) is 0. The quantitative estimate of drug-likeness (QED) is 0.573. The minimum atomic E-state index is 0.884. The van der Waals surface area contributed by atoms with Crippen LogP contribution in [0.15, 0.2) is 0 Å². The molecule has 0 radical (unpaired) electrons. The lowest BCUT2D eigenvalue weighted by Crippen LogP contribution is -1.95. The number of hydrogen-bond donors (Lipinski definition) is 0. The largest absolute Gasteiger partial charge is 0.159 e. The van der Waals surface area contributed by atoms with Crippen molar-refractivity contribution in [1.29, 1.82) is 0 Å². The van der Waals surface area contributed by atoms with Gasteiger partial charge in [0.2, 0.25) is 0 Å². The van der Waals surface area contributed by atoms with E-state index < -0.39 is 0 Å². The molecule has 0 bridgehead atoms. The molecule has 0 spiro atoms. The summed E-state index contributed by atoms with van der Waals surface area (Å²) in [6.45, 7) is 6.82. The first-order valence-corrected chi connectivity index (χ1v) is 4.97. The third-order valence-corrected chi connectivity index (χ3v) is 2.75. The summed E-state index contributed by atoms with van der Waals surface area (Å²) in [6, 6.07) is 0. The SMILES string of the molecule is CCCSC(C)CCC. The minimum Gasteiger partial charge on any atom is -0.159 e. The summed E-state index contributed by atoms with van der Waals surface area (Å²) in [5.41, 5.74) is 0. The summed E-state index contributed by atoms with van der Waals surface area (Å²) >= 11 is 2.10. The molecule has 0 saturated carbocycles. The molecule has 0 fully saturated rings. The molecule has 0 aromatic carbocycles. The van der Waals surface area contributed by atoms with Crippen LogP contribution in [0.5, 0.6) is 0 Å². The Labute approximate surface area is 63.4 Å². The van der Waals surface area contributed by atoms with Crippen molar-refractivity contribution < 1.29 is 0 Å². The van der Waals surface area contributed by atoms with Gasteiger partial charge in [-0.15, -0.1) is 0 Å². The Morgan fingerprint density at radius 2 is 1.89 bits per heavy atom. The summed E-state index contributed by atoms with van der Waals surface area (Å²) in [4.78, 5) is 0. The smallest absolute Gasteiger partial charge is 0.00186 e. The molecule has 0 saturated heterocycles. The molecule has 0 rings (SSSR count). The van der Waals surface area contributed by atoms with E-state index in [4.69, 9.17) is 0 Å². The molecule has 1 unspecified atom stereocenters. The Balaban J connectivity index is 2.95. The highest BCUT2D eigenvalue weighted by Crippen LogP contribution is 2.15. The average molecular weight is 146 g/mol. The Morgan fingerprint density at radius 1 is 1.22 bits per heavy atom. The van der Waals surface area contributed by atoms with E-state index in [0.29, 0.717) is 0 Å². The Bertz CT molecular complexity index is 52.5. The molecule has 0 aromatic heterocycles. The molecule has 1 heteroatoms. The first kappa shape index (κ1) is 9.35. The van der Waals surface area contributed by atoms with Gasteiger partial charge in [-0.05, 0) is 18.6 Å². The normalized spacial score (nSPS) is 13.7.